The lowest BCUT2D eigenvalue weighted by molar-refractivity contribution is -0.182. The van der Waals surface area contributed by atoms with Crippen molar-refractivity contribution in [2.75, 3.05) is 75.0 Å². The summed E-state index contributed by atoms with van der Waals surface area (Å²) in [6.07, 6.45) is 3.90. The molecule has 102 heavy (non-hydrogen) atoms. The van der Waals surface area contributed by atoms with Gasteiger partial charge in [0.15, 0.2) is 0 Å². The molecule has 4 saturated heterocycles. The van der Waals surface area contributed by atoms with Crippen molar-refractivity contribution >= 4 is 82.5 Å². The lowest BCUT2D eigenvalue weighted by Gasteiger charge is -2.45. The van der Waals surface area contributed by atoms with E-state index in [1.807, 2.05) is 27.7 Å². The molecular formula is C74H120ClF3N12O12. The van der Waals surface area contributed by atoms with Crippen LogP contribution in [0.5, 0.6) is 0 Å². The van der Waals surface area contributed by atoms with Gasteiger partial charge in [-0.1, -0.05) is 99.8 Å². The van der Waals surface area contributed by atoms with Gasteiger partial charge in [0.25, 0.3) is 0 Å². The van der Waals surface area contributed by atoms with Gasteiger partial charge >= 0.3 is 6.18 Å². The van der Waals surface area contributed by atoms with E-state index < -0.39 is 173 Å². The maximum Gasteiger partial charge on any atom is 0.393 e. The molecule has 0 bridgehead atoms. The molecule has 0 aromatic carbocycles. The molecule has 1 spiro atoms. The Morgan fingerprint density at radius 1 is 0.588 bits per heavy atom. The van der Waals surface area contributed by atoms with E-state index in [-0.39, 0.29) is 101 Å². The number of piperidine rings is 1. The summed E-state index contributed by atoms with van der Waals surface area (Å²) in [6, 6.07) is -10.8. The number of likely N-dealkylation sites (tertiary alicyclic amines) is 1. The number of nitrogens with one attached hydrogen (secondary N) is 3. The number of likely N-dealkylation sites (N-methyl/N-ethyl adjacent to an activating group) is 6. The second-order valence-corrected chi connectivity index (χ2v) is 32.4. The van der Waals surface area contributed by atoms with Crippen LogP contribution in [0.1, 0.15) is 209 Å². The van der Waals surface area contributed by atoms with Crippen molar-refractivity contribution in [2.45, 2.75) is 281 Å². The molecule has 7 fully saturated rings. The lowest BCUT2D eigenvalue weighted by Crippen LogP contribution is -2.65. The third-order valence-electron chi connectivity index (χ3n) is 24.2. The normalized spacial score (nSPS) is 32.1. The molecule has 4 aliphatic heterocycles. The maximum absolute atomic E-state index is 15.6. The molecule has 4 heterocycles. The average molecular weight is 1460 g/mol. The molecule has 7 aliphatic rings. The van der Waals surface area contributed by atoms with Crippen LogP contribution in [0.2, 0.25) is 0 Å². The average Bonchev–Trinajstić information content (AvgIpc) is 1.39. The molecular weight excluding hydrogens is 1340 g/mol. The zero-order valence-corrected chi connectivity index (χ0v) is 64.0. The number of fused-ring (bicyclic) bond motifs is 2. The van der Waals surface area contributed by atoms with Gasteiger partial charge in [0, 0.05) is 73.8 Å². The quantitative estimate of drug-likeness (QED) is 0.172. The summed E-state index contributed by atoms with van der Waals surface area (Å²) >= 11 is 6.42. The van der Waals surface area contributed by atoms with Gasteiger partial charge in [0.2, 0.25) is 70.9 Å². The Morgan fingerprint density at radius 3 is 1.78 bits per heavy atom. The predicted molar refractivity (Wildman–Crippen MR) is 379 cm³/mol. The fourth-order valence-corrected chi connectivity index (χ4v) is 17.3. The molecule has 3 unspecified atom stereocenters. The Balaban J connectivity index is 1.28. The van der Waals surface area contributed by atoms with Crippen LogP contribution in [-0.4, -0.2) is 261 Å². The standard InChI is InChI=1S/C74H120ClF3N12O12/c1-15-46(6)61-70(100)83(10)48(8)65(95)90-38-32-55(90)68(98)85(12)57(41-50-26-24-45(5)25-27-50)67(97)82(9)43-59(91)79-53(31-29-49-28-30-51(52(75)40-49)74(76,77)78)66(96)89-37-22-23-54(89)64(94)81-73(33-18-19-34-73)72(102)87(14)62(47(7)16-2)71(101)86(13)58(69(99)88-35-20-17-21-36-88)42-60(92)84(11)56(39-44(3)4)63(93)80-61/h44-58,61-62H,15-43H2,1-14H3,(H,79,91)(H,80,93)(H,81,94)/t45?,46-,47-,48-,49?,50?,51?,52?,53-,54-,55-,56-,57-,58-,61-,62-/m0/s1. The highest BCUT2D eigenvalue weighted by atomic mass is 35.5. The molecule has 24 nitrogen and oxygen atoms in total. The lowest BCUT2D eigenvalue weighted by atomic mass is 9.78. The first-order chi connectivity index (χ1) is 48.0. The summed E-state index contributed by atoms with van der Waals surface area (Å²) in [5.41, 5.74) is -1.57. The van der Waals surface area contributed by atoms with Gasteiger partial charge in [0.1, 0.15) is 59.9 Å². The Kier molecular flexibility index (Phi) is 29.4. The number of carbonyl (C=O) groups is 12. The Labute approximate surface area is 608 Å². The number of halogens is 4. The first-order valence-corrected chi connectivity index (χ1v) is 38.5. The van der Waals surface area contributed by atoms with Gasteiger partial charge in [0.05, 0.1) is 18.9 Å². The fourth-order valence-electron chi connectivity index (χ4n) is 16.7. The molecule has 0 radical (unpaired) electrons. The number of alkyl halides is 4. The molecule has 0 aromatic rings. The maximum atomic E-state index is 15.6. The number of amides is 12. The molecule has 3 saturated carbocycles. The molecule has 3 N–H and O–H groups in total. The number of hydrogen-bond acceptors (Lipinski definition) is 12. The van der Waals surface area contributed by atoms with Crippen LogP contribution in [-0.2, 0) is 57.5 Å². The number of nitrogens with zero attached hydrogens (tertiary/aromatic N) is 9. The van der Waals surface area contributed by atoms with Crippen LogP contribution in [0.25, 0.3) is 0 Å². The second kappa shape index (κ2) is 36.1. The van der Waals surface area contributed by atoms with Crippen molar-refractivity contribution in [2.24, 2.45) is 41.4 Å². The van der Waals surface area contributed by atoms with Crippen molar-refractivity contribution in [3.05, 3.63) is 0 Å². The molecule has 3 aliphatic carbocycles. The van der Waals surface area contributed by atoms with Crippen molar-refractivity contribution in [1.82, 2.24) is 60.0 Å². The molecule has 0 aromatic heterocycles. The van der Waals surface area contributed by atoms with Crippen molar-refractivity contribution in [1.29, 1.82) is 0 Å². The van der Waals surface area contributed by atoms with E-state index in [2.05, 4.69) is 22.9 Å². The third kappa shape index (κ3) is 19.6. The molecule has 12 amide bonds. The monoisotopic (exact) mass is 1460 g/mol. The Bertz CT molecular complexity index is 3000. The van der Waals surface area contributed by atoms with Gasteiger partial charge in [-0.2, -0.15) is 13.2 Å². The van der Waals surface area contributed by atoms with E-state index in [0.29, 0.717) is 64.0 Å². The van der Waals surface area contributed by atoms with Crippen molar-refractivity contribution in [3.8, 4) is 0 Å². The van der Waals surface area contributed by atoms with Gasteiger partial charge in [-0.3, -0.25) is 57.5 Å². The largest absolute Gasteiger partial charge is 0.393 e. The SMILES string of the molecule is CC[C@H](C)[C@@H]1NC(=O)[C@H](CC(C)C)N(C)C(=O)C[C@@H](C(=O)N2CCCCC2)N(C)C(=O)[C@H]([C@@H](C)CC)N(C)C(=O)C2(CCCC2)NC(=O)[C@@H]2CCCN2C(=O)[C@H](CCC2CCC(C(F)(F)F)C(Cl)C2)NC(=O)CN(C)C(=O)[C@H](CC2CCC(C)CC2)N(C)C(=O)[C@@H]2CCN2C(=O)[C@H](C)N(C)C1=O. The van der Waals surface area contributed by atoms with Crippen LogP contribution in [0.3, 0.4) is 0 Å². The topological polar surface area (TPSA) is 270 Å². The Morgan fingerprint density at radius 2 is 1.21 bits per heavy atom. The second-order valence-electron chi connectivity index (χ2n) is 31.8. The highest BCUT2D eigenvalue weighted by Gasteiger charge is 2.53. The number of carbonyl (C=O) groups excluding carboxylic acids is 12. The summed E-state index contributed by atoms with van der Waals surface area (Å²) in [7, 11) is 8.73. The molecule has 576 valence electrons. The van der Waals surface area contributed by atoms with Gasteiger partial charge < -0.3 is 60.0 Å². The zero-order chi connectivity index (χ0) is 75.6. The van der Waals surface area contributed by atoms with E-state index in [1.165, 1.54) is 88.4 Å². The first-order valence-electron chi connectivity index (χ1n) is 38.1. The van der Waals surface area contributed by atoms with E-state index in [4.69, 9.17) is 11.6 Å². The van der Waals surface area contributed by atoms with Gasteiger partial charge in [-0.15, -0.1) is 11.6 Å². The van der Waals surface area contributed by atoms with E-state index >= 15 is 33.6 Å². The van der Waals surface area contributed by atoms with Crippen LogP contribution in [0, 0.1) is 41.4 Å². The Hall–Kier alpha value is -6.28. The minimum Gasteiger partial charge on any atom is -0.343 e. The molecule has 28 heteroatoms. The third-order valence-corrected chi connectivity index (χ3v) is 24.7. The summed E-state index contributed by atoms with van der Waals surface area (Å²) in [5, 5.41) is 7.65. The van der Waals surface area contributed by atoms with Crippen LogP contribution in [0.4, 0.5) is 13.2 Å². The van der Waals surface area contributed by atoms with Crippen molar-refractivity contribution < 1.29 is 70.7 Å². The predicted octanol–water partition coefficient (Wildman–Crippen LogP) is 6.73. The first kappa shape index (κ1) is 83.0. The summed E-state index contributed by atoms with van der Waals surface area (Å²) in [5.74, 6) is -10.2. The summed E-state index contributed by atoms with van der Waals surface area (Å²) in [4.78, 5) is 193. The minimum absolute atomic E-state index is 0.000188. The van der Waals surface area contributed by atoms with Crippen LogP contribution in [0.15, 0.2) is 0 Å². The number of rotatable bonds is 12. The fraction of sp³-hybridized carbons (Fsp3) is 0.838. The minimum atomic E-state index is -4.51. The smallest absolute Gasteiger partial charge is 0.343 e. The zero-order valence-electron chi connectivity index (χ0n) is 63.3. The van der Waals surface area contributed by atoms with Crippen LogP contribution < -0.4 is 16.0 Å². The van der Waals surface area contributed by atoms with Gasteiger partial charge in [-0.25, -0.2) is 0 Å². The summed E-state index contributed by atoms with van der Waals surface area (Å²) in [6.45, 7) is 15.1. The van der Waals surface area contributed by atoms with E-state index in [9.17, 15) is 37.1 Å². The molecule has 14 atom stereocenters. The van der Waals surface area contributed by atoms with Crippen LogP contribution >= 0.6 is 11.6 Å². The highest BCUT2D eigenvalue weighted by molar-refractivity contribution is 6.21. The summed E-state index contributed by atoms with van der Waals surface area (Å²) < 4.78 is 42.1. The van der Waals surface area contributed by atoms with Gasteiger partial charge in [-0.05, 0) is 139 Å². The van der Waals surface area contributed by atoms with E-state index in [0.717, 1.165) is 32.1 Å². The highest BCUT2D eigenvalue weighted by Crippen LogP contribution is 2.44. The van der Waals surface area contributed by atoms with Crippen molar-refractivity contribution in [3.63, 3.8) is 0 Å². The molecule has 7 rings (SSSR count). The van der Waals surface area contributed by atoms with E-state index in [1.54, 1.807) is 18.7 Å². The number of hydrogen-bond donors (Lipinski definition) is 3.